The smallest absolute Gasteiger partial charge is 0.326 e. The van der Waals surface area contributed by atoms with Gasteiger partial charge in [0, 0.05) is 5.56 Å². The second kappa shape index (κ2) is 6.47. The SMILES string of the molecule is O=C(NC(CCP(=O)(O)O)C(=O)O)c1ccccc1. The molecule has 0 aromatic heterocycles. The van der Waals surface area contributed by atoms with Crippen LogP contribution in [0.25, 0.3) is 0 Å². The molecule has 7 nitrogen and oxygen atoms in total. The molecule has 1 aromatic rings. The summed E-state index contributed by atoms with van der Waals surface area (Å²) in [5.74, 6) is -1.93. The highest BCUT2D eigenvalue weighted by molar-refractivity contribution is 7.51. The van der Waals surface area contributed by atoms with E-state index < -0.39 is 31.7 Å². The topological polar surface area (TPSA) is 124 Å². The lowest BCUT2D eigenvalue weighted by molar-refractivity contribution is -0.139. The van der Waals surface area contributed by atoms with Crippen LogP contribution in [0.1, 0.15) is 16.8 Å². The molecule has 0 bridgehead atoms. The number of hydrogen-bond acceptors (Lipinski definition) is 3. The summed E-state index contributed by atoms with van der Waals surface area (Å²) in [5, 5.41) is 11.1. The van der Waals surface area contributed by atoms with Gasteiger partial charge in [-0.3, -0.25) is 9.36 Å². The molecule has 0 spiro atoms. The van der Waals surface area contributed by atoms with Crippen LogP contribution in [0.4, 0.5) is 0 Å². The normalized spacial score (nSPS) is 12.7. The van der Waals surface area contributed by atoms with Gasteiger partial charge in [-0.25, -0.2) is 4.79 Å². The Kier molecular flexibility index (Phi) is 5.23. The van der Waals surface area contributed by atoms with Crippen LogP contribution in [0.3, 0.4) is 0 Å². The van der Waals surface area contributed by atoms with Gasteiger partial charge in [0.2, 0.25) is 0 Å². The monoisotopic (exact) mass is 287 g/mol. The summed E-state index contributed by atoms with van der Waals surface area (Å²) in [6.45, 7) is 0. The van der Waals surface area contributed by atoms with Crippen molar-refractivity contribution in [3.8, 4) is 0 Å². The van der Waals surface area contributed by atoms with Crippen LogP contribution < -0.4 is 5.32 Å². The molecule has 1 rings (SSSR count). The van der Waals surface area contributed by atoms with E-state index >= 15 is 0 Å². The van der Waals surface area contributed by atoms with E-state index in [4.69, 9.17) is 14.9 Å². The van der Waals surface area contributed by atoms with Gasteiger partial charge in [-0.15, -0.1) is 0 Å². The second-order valence-electron chi connectivity index (χ2n) is 3.91. The van der Waals surface area contributed by atoms with Gasteiger partial charge < -0.3 is 20.2 Å². The summed E-state index contributed by atoms with van der Waals surface area (Å²) in [4.78, 5) is 40.0. The maximum Gasteiger partial charge on any atom is 0.326 e. The van der Waals surface area contributed by atoms with Crippen molar-refractivity contribution in [2.24, 2.45) is 0 Å². The molecule has 0 saturated carbocycles. The highest BCUT2D eigenvalue weighted by Gasteiger charge is 2.24. The van der Waals surface area contributed by atoms with Crippen molar-refractivity contribution in [2.45, 2.75) is 12.5 Å². The first-order chi connectivity index (χ1) is 8.79. The predicted molar refractivity (Wildman–Crippen MR) is 66.9 cm³/mol. The Labute approximate surface area is 109 Å². The first-order valence-electron chi connectivity index (χ1n) is 5.43. The largest absolute Gasteiger partial charge is 0.480 e. The van der Waals surface area contributed by atoms with Crippen LogP contribution in [0.2, 0.25) is 0 Å². The molecule has 1 unspecified atom stereocenters. The molecule has 1 amide bonds. The van der Waals surface area contributed by atoms with Crippen molar-refractivity contribution in [1.82, 2.24) is 5.32 Å². The Morgan fingerprint density at radius 3 is 2.26 bits per heavy atom. The quantitative estimate of drug-likeness (QED) is 0.563. The van der Waals surface area contributed by atoms with Gasteiger partial charge in [0.15, 0.2) is 0 Å². The Bertz CT molecular complexity index is 497. The second-order valence-corrected chi connectivity index (χ2v) is 5.68. The zero-order valence-corrected chi connectivity index (χ0v) is 10.8. The molecular formula is C11H14NO6P. The van der Waals surface area contributed by atoms with E-state index in [0.717, 1.165) is 0 Å². The van der Waals surface area contributed by atoms with E-state index in [1.54, 1.807) is 18.2 Å². The molecule has 0 aliphatic rings. The van der Waals surface area contributed by atoms with Crippen LogP contribution in [0, 0.1) is 0 Å². The molecule has 104 valence electrons. The number of amides is 1. The van der Waals surface area contributed by atoms with Gasteiger partial charge in [-0.05, 0) is 18.6 Å². The number of benzene rings is 1. The summed E-state index contributed by atoms with van der Waals surface area (Å²) in [5.41, 5.74) is 0.282. The van der Waals surface area contributed by atoms with Gasteiger partial charge >= 0.3 is 13.6 Å². The van der Waals surface area contributed by atoms with Gasteiger partial charge in [-0.1, -0.05) is 18.2 Å². The number of carbonyl (C=O) groups is 2. The van der Waals surface area contributed by atoms with Gasteiger partial charge in [0.25, 0.3) is 5.91 Å². The minimum atomic E-state index is -4.29. The Morgan fingerprint density at radius 2 is 1.79 bits per heavy atom. The third-order valence-corrected chi connectivity index (χ3v) is 3.19. The standard InChI is InChI=1S/C11H14NO6P/c13-10(8-4-2-1-3-5-8)12-9(11(14)15)6-7-19(16,17)18/h1-5,9H,6-7H2,(H,12,13)(H,14,15)(H2,16,17,18). The molecule has 0 radical (unpaired) electrons. The predicted octanol–water partition coefficient (Wildman–Crippen LogP) is 0.437. The van der Waals surface area contributed by atoms with Crippen LogP contribution in [0.15, 0.2) is 30.3 Å². The molecule has 0 heterocycles. The van der Waals surface area contributed by atoms with Crippen LogP contribution in [-0.4, -0.2) is 39.0 Å². The molecular weight excluding hydrogens is 273 g/mol. The van der Waals surface area contributed by atoms with Crippen molar-refractivity contribution in [3.05, 3.63) is 35.9 Å². The van der Waals surface area contributed by atoms with Crippen molar-refractivity contribution < 1.29 is 29.0 Å². The van der Waals surface area contributed by atoms with E-state index in [9.17, 15) is 14.2 Å². The number of carboxylic acids is 1. The molecule has 8 heteroatoms. The van der Waals surface area contributed by atoms with Gasteiger partial charge in [0.1, 0.15) is 6.04 Å². The molecule has 1 aromatic carbocycles. The highest BCUT2D eigenvalue weighted by Crippen LogP contribution is 2.35. The van der Waals surface area contributed by atoms with Crippen molar-refractivity contribution in [3.63, 3.8) is 0 Å². The summed E-state index contributed by atoms with van der Waals surface area (Å²) >= 11 is 0. The van der Waals surface area contributed by atoms with Crippen LogP contribution in [-0.2, 0) is 9.36 Å². The maximum atomic E-state index is 11.7. The summed E-state index contributed by atoms with van der Waals surface area (Å²) < 4.78 is 10.7. The molecule has 0 aliphatic heterocycles. The average molecular weight is 287 g/mol. The number of nitrogens with one attached hydrogen (secondary N) is 1. The third kappa shape index (κ3) is 5.65. The maximum absolute atomic E-state index is 11.7. The third-order valence-electron chi connectivity index (χ3n) is 2.35. The Morgan fingerprint density at radius 1 is 1.21 bits per heavy atom. The molecule has 0 fully saturated rings. The number of carbonyl (C=O) groups excluding carboxylic acids is 1. The number of carboxylic acid groups (broad SMARTS) is 1. The molecule has 19 heavy (non-hydrogen) atoms. The highest BCUT2D eigenvalue weighted by atomic mass is 31.2. The Hall–Kier alpha value is -1.69. The number of hydrogen-bond donors (Lipinski definition) is 4. The van der Waals surface area contributed by atoms with E-state index in [2.05, 4.69) is 5.32 Å². The van der Waals surface area contributed by atoms with Crippen molar-refractivity contribution in [1.29, 1.82) is 0 Å². The molecule has 0 aliphatic carbocycles. The fraction of sp³-hybridized carbons (Fsp3) is 0.273. The number of aliphatic carboxylic acids is 1. The lowest BCUT2D eigenvalue weighted by atomic mass is 10.1. The summed E-state index contributed by atoms with van der Waals surface area (Å²) in [7, 11) is -4.29. The fourth-order valence-corrected chi connectivity index (χ4v) is 1.98. The molecule has 0 saturated heterocycles. The first-order valence-corrected chi connectivity index (χ1v) is 7.22. The minimum absolute atomic E-state index is 0.282. The zero-order chi connectivity index (χ0) is 14.5. The molecule has 4 N–H and O–H groups in total. The first kappa shape index (κ1) is 15.4. The van der Waals surface area contributed by atoms with Crippen molar-refractivity contribution >= 4 is 19.5 Å². The summed E-state index contributed by atoms with van der Waals surface area (Å²) in [6, 6.07) is 6.65. The van der Waals surface area contributed by atoms with E-state index in [1.807, 2.05) is 0 Å². The Balaban J connectivity index is 2.67. The lowest BCUT2D eigenvalue weighted by Crippen LogP contribution is -2.41. The lowest BCUT2D eigenvalue weighted by Gasteiger charge is -2.14. The van der Waals surface area contributed by atoms with E-state index in [0.29, 0.717) is 0 Å². The van der Waals surface area contributed by atoms with Gasteiger partial charge in [0.05, 0.1) is 6.16 Å². The molecule has 1 atom stereocenters. The summed E-state index contributed by atoms with van der Waals surface area (Å²) in [6.07, 6.45) is -0.933. The van der Waals surface area contributed by atoms with Gasteiger partial charge in [-0.2, -0.15) is 0 Å². The number of rotatable bonds is 6. The zero-order valence-electron chi connectivity index (χ0n) is 9.89. The average Bonchev–Trinajstić information content (AvgIpc) is 2.33. The van der Waals surface area contributed by atoms with E-state index in [1.165, 1.54) is 12.1 Å². The minimum Gasteiger partial charge on any atom is -0.480 e. The van der Waals surface area contributed by atoms with Crippen molar-refractivity contribution in [2.75, 3.05) is 6.16 Å². The van der Waals surface area contributed by atoms with Crippen LogP contribution >= 0.6 is 7.60 Å². The van der Waals surface area contributed by atoms with E-state index in [-0.39, 0.29) is 12.0 Å². The van der Waals surface area contributed by atoms with Crippen LogP contribution in [0.5, 0.6) is 0 Å². The fourth-order valence-electron chi connectivity index (χ4n) is 1.39.